The smallest absolute Gasteiger partial charge is 0.136 e. The average Bonchev–Trinajstić information content (AvgIpc) is 2.46. The van der Waals surface area contributed by atoms with E-state index in [0.717, 1.165) is 15.8 Å². The molecule has 68 valence electrons. The minimum atomic E-state index is 0.00398. The number of aromatic nitrogens is 2. The van der Waals surface area contributed by atoms with E-state index in [-0.39, 0.29) is 6.04 Å². The third-order valence-corrected chi connectivity index (χ3v) is 2.43. The summed E-state index contributed by atoms with van der Waals surface area (Å²) in [5.41, 5.74) is 7.75. The van der Waals surface area contributed by atoms with Crippen molar-refractivity contribution in [2.45, 2.75) is 13.0 Å². The monoisotopic (exact) mass is 239 g/mol. The van der Waals surface area contributed by atoms with Crippen LogP contribution in [-0.4, -0.2) is 9.38 Å². The van der Waals surface area contributed by atoms with Crippen LogP contribution in [0.25, 0.3) is 5.65 Å². The Balaban J connectivity index is 2.71. The lowest BCUT2D eigenvalue weighted by Gasteiger charge is -2.04. The molecule has 0 radical (unpaired) electrons. The number of pyridine rings is 1. The van der Waals surface area contributed by atoms with Crippen molar-refractivity contribution in [1.29, 1.82) is 0 Å². The predicted octanol–water partition coefficient (Wildman–Crippen LogP) is 2.12. The van der Waals surface area contributed by atoms with Gasteiger partial charge in [-0.1, -0.05) is 0 Å². The molecule has 0 saturated heterocycles. The van der Waals surface area contributed by atoms with Crippen molar-refractivity contribution >= 4 is 21.6 Å². The molecule has 13 heavy (non-hydrogen) atoms. The SMILES string of the molecule is CC(N)c1cnc2ccc(Br)cn12. The zero-order valence-corrected chi connectivity index (χ0v) is 8.82. The van der Waals surface area contributed by atoms with Crippen LogP contribution in [0.15, 0.2) is 29.0 Å². The Hall–Kier alpha value is -0.870. The Bertz CT molecular complexity index is 433. The average molecular weight is 240 g/mol. The fraction of sp³-hybridized carbons (Fsp3) is 0.222. The van der Waals surface area contributed by atoms with Crippen molar-refractivity contribution in [2.24, 2.45) is 5.73 Å². The van der Waals surface area contributed by atoms with Crippen LogP contribution in [-0.2, 0) is 0 Å². The van der Waals surface area contributed by atoms with E-state index in [0.29, 0.717) is 0 Å². The summed E-state index contributed by atoms with van der Waals surface area (Å²) in [6.07, 6.45) is 3.79. The Labute approximate surface area is 84.7 Å². The third kappa shape index (κ3) is 1.47. The molecule has 1 unspecified atom stereocenters. The van der Waals surface area contributed by atoms with E-state index < -0.39 is 0 Å². The second-order valence-electron chi connectivity index (χ2n) is 3.05. The molecule has 0 fully saturated rings. The van der Waals surface area contributed by atoms with Crippen LogP contribution in [0.5, 0.6) is 0 Å². The molecule has 0 amide bonds. The van der Waals surface area contributed by atoms with Gasteiger partial charge in [-0.3, -0.25) is 0 Å². The summed E-state index contributed by atoms with van der Waals surface area (Å²) in [5.74, 6) is 0. The second kappa shape index (κ2) is 3.12. The number of fused-ring (bicyclic) bond motifs is 1. The summed E-state index contributed by atoms with van der Waals surface area (Å²) >= 11 is 3.41. The topological polar surface area (TPSA) is 43.3 Å². The van der Waals surface area contributed by atoms with Crippen molar-refractivity contribution in [1.82, 2.24) is 9.38 Å². The summed E-state index contributed by atoms with van der Waals surface area (Å²) in [5, 5.41) is 0. The van der Waals surface area contributed by atoms with Crippen LogP contribution in [0.3, 0.4) is 0 Å². The number of rotatable bonds is 1. The fourth-order valence-corrected chi connectivity index (χ4v) is 1.65. The van der Waals surface area contributed by atoms with E-state index in [9.17, 15) is 0 Å². The highest BCUT2D eigenvalue weighted by molar-refractivity contribution is 9.10. The lowest BCUT2D eigenvalue weighted by Crippen LogP contribution is -2.07. The molecule has 2 heterocycles. The zero-order valence-electron chi connectivity index (χ0n) is 7.24. The zero-order chi connectivity index (χ0) is 9.42. The van der Waals surface area contributed by atoms with Crippen LogP contribution in [0.2, 0.25) is 0 Å². The highest BCUT2D eigenvalue weighted by atomic mass is 79.9. The van der Waals surface area contributed by atoms with E-state index in [4.69, 9.17) is 5.73 Å². The van der Waals surface area contributed by atoms with Crippen LogP contribution in [0.1, 0.15) is 18.7 Å². The second-order valence-corrected chi connectivity index (χ2v) is 3.96. The van der Waals surface area contributed by atoms with E-state index >= 15 is 0 Å². The van der Waals surface area contributed by atoms with Gasteiger partial charge in [-0.25, -0.2) is 4.98 Å². The Morgan fingerprint density at radius 1 is 1.54 bits per heavy atom. The first kappa shape index (κ1) is 8.72. The van der Waals surface area contributed by atoms with Gasteiger partial charge in [-0.15, -0.1) is 0 Å². The molecule has 2 aromatic rings. The third-order valence-electron chi connectivity index (χ3n) is 1.96. The number of hydrogen-bond acceptors (Lipinski definition) is 2. The van der Waals surface area contributed by atoms with E-state index in [1.807, 2.05) is 35.9 Å². The maximum absolute atomic E-state index is 5.80. The number of halogens is 1. The molecule has 1 atom stereocenters. The number of imidazole rings is 1. The molecule has 0 aliphatic carbocycles. The molecule has 2 rings (SSSR count). The molecular formula is C9H10BrN3. The molecule has 4 heteroatoms. The quantitative estimate of drug-likeness (QED) is 0.829. The maximum Gasteiger partial charge on any atom is 0.136 e. The molecule has 0 aromatic carbocycles. The fourth-order valence-electron chi connectivity index (χ4n) is 1.31. The van der Waals surface area contributed by atoms with Crippen molar-refractivity contribution in [3.05, 3.63) is 34.7 Å². The van der Waals surface area contributed by atoms with Crippen LogP contribution < -0.4 is 5.73 Å². The first-order valence-electron chi connectivity index (χ1n) is 4.06. The van der Waals surface area contributed by atoms with Crippen molar-refractivity contribution in [3.8, 4) is 0 Å². The molecule has 0 saturated carbocycles. The summed E-state index contributed by atoms with van der Waals surface area (Å²) < 4.78 is 3.02. The van der Waals surface area contributed by atoms with Crippen LogP contribution >= 0.6 is 15.9 Å². The Kier molecular flexibility index (Phi) is 2.09. The van der Waals surface area contributed by atoms with Gasteiger partial charge in [0.1, 0.15) is 5.65 Å². The molecule has 3 nitrogen and oxygen atoms in total. The van der Waals surface area contributed by atoms with Crippen molar-refractivity contribution in [3.63, 3.8) is 0 Å². The first-order chi connectivity index (χ1) is 6.18. The molecule has 0 bridgehead atoms. The summed E-state index contributed by atoms with van der Waals surface area (Å²) in [7, 11) is 0. The number of nitrogens with two attached hydrogens (primary N) is 1. The van der Waals surface area contributed by atoms with Crippen LogP contribution in [0.4, 0.5) is 0 Å². The van der Waals surface area contributed by atoms with Crippen LogP contribution in [0, 0.1) is 0 Å². The minimum absolute atomic E-state index is 0.00398. The lowest BCUT2D eigenvalue weighted by molar-refractivity contribution is 0.769. The van der Waals surface area contributed by atoms with Gasteiger partial charge in [-0.05, 0) is 35.0 Å². The van der Waals surface area contributed by atoms with Gasteiger partial charge in [0.05, 0.1) is 11.9 Å². The van der Waals surface area contributed by atoms with E-state index in [1.54, 1.807) is 0 Å². The van der Waals surface area contributed by atoms with Crippen molar-refractivity contribution < 1.29 is 0 Å². The summed E-state index contributed by atoms with van der Waals surface area (Å²) in [6.45, 7) is 1.95. The van der Waals surface area contributed by atoms with Gasteiger partial charge in [0.2, 0.25) is 0 Å². The van der Waals surface area contributed by atoms with Gasteiger partial charge in [0, 0.05) is 16.7 Å². The first-order valence-corrected chi connectivity index (χ1v) is 4.86. The van der Waals surface area contributed by atoms with E-state index in [2.05, 4.69) is 20.9 Å². The Morgan fingerprint density at radius 2 is 2.31 bits per heavy atom. The number of nitrogens with zero attached hydrogens (tertiary/aromatic N) is 2. The lowest BCUT2D eigenvalue weighted by atomic mass is 10.3. The standard InChI is InChI=1S/C9H10BrN3/c1-6(11)8-4-12-9-3-2-7(10)5-13(8)9/h2-6H,11H2,1H3. The van der Waals surface area contributed by atoms with Gasteiger partial charge in [-0.2, -0.15) is 0 Å². The highest BCUT2D eigenvalue weighted by Crippen LogP contribution is 2.16. The summed E-state index contributed by atoms with van der Waals surface area (Å²) in [6, 6.07) is 3.92. The van der Waals surface area contributed by atoms with Crippen molar-refractivity contribution in [2.75, 3.05) is 0 Å². The van der Waals surface area contributed by atoms with Gasteiger partial charge in [0.15, 0.2) is 0 Å². The van der Waals surface area contributed by atoms with E-state index in [1.165, 1.54) is 0 Å². The Morgan fingerprint density at radius 3 is 3.00 bits per heavy atom. The van der Waals surface area contributed by atoms with Gasteiger partial charge >= 0.3 is 0 Å². The normalized spacial score (nSPS) is 13.5. The molecule has 0 aliphatic heterocycles. The highest BCUT2D eigenvalue weighted by Gasteiger charge is 2.06. The van der Waals surface area contributed by atoms with Gasteiger partial charge in [0.25, 0.3) is 0 Å². The minimum Gasteiger partial charge on any atom is -0.323 e. The largest absolute Gasteiger partial charge is 0.323 e. The molecular weight excluding hydrogens is 230 g/mol. The predicted molar refractivity (Wildman–Crippen MR) is 55.5 cm³/mol. The molecule has 0 spiro atoms. The maximum atomic E-state index is 5.80. The number of hydrogen-bond donors (Lipinski definition) is 1. The molecule has 2 N–H and O–H groups in total. The molecule has 2 aromatic heterocycles. The van der Waals surface area contributed by atoms with Gasteiger partial charge < -0.3 is 10.1 Å². The molecule has 0 aliphatic rings. The summed E-state index contributed by atoms with van der Waals surface area (Å²) in [4.78, 5) is 4.24.